The van der Waals surface area contributed by atoms with Crippen molar-refractivity contribution in [1.82, 2.24) is 5.32 Å². The molecule has 0 saturated heterocycles. The van der Waals surface area contributed by atoms with Crippen molar-refractivity contribution < 1.29 is 14.3 Å². The van der Waals surface area contributed by atoms with Crippen LogP contribution in [0.5, 0.6) is 5.75 Å². The number of aryl methyl sites for hydroxylation is 1. The number of esters is 1. The van der Waals surface area contributed by atoms with E-state index < -0.39 is 0 Å². The predicted molar refractivity (Wildman–Crippen MR) is 70.7 cm³/mol. The lowest BCUT2D eigenvalue weighted by Gasteiger charge is -2.08. The fourth-order valence-corrected chi connectivity index (χ4v) is 1.74. The van der Waals surface area contributed by atoms with Crippen molar-refractivity contribution in [2.75, 3.05) is 20.8 Å². The van der Waals surface area contributed by atoms with Crippen LogP contribution in [0.1, 0.15) is 24.0 Å². The van der Waals surface area contributed by atoms with Gasteiger partial charge in [0.25, 0.3) is 0 Å². The molecule has 0 bridgehead atoms. The molecule has 0 heterocycles. The topological polar surface area (TPSA) is 47.6 Å². The number of hydrogen-bond acceptors (Lipinski definition) is 4. The van der Waals surface area contributed by atoms with Gasteiger partial charge in [0.15, 0.2) is 0 Å². The van der Waals surface area contributed by atoms with E-state index in [-0.39, 0.29) is 5.97 Å². The molecular formula is C14H21NO3. The molecule has 4 heteroatoms. The molecule has 0 atom stereocenters. The first-order valence-corrected chi connectivity index (χ1v) is 6.08. The third-order valence-electron chi connectivity index (χ3n) is 2.75. The summed E-state index contributed by atoms with van der Waals surface area (Å²) in [6.07, 6.45) is 1.26. The summed E-state index contributed by atoms with van der Waals surface area (Å²) in [7, 11) is 3.09. The molecule has 0 amide bonds. The fourth-order valence-electron chi connectivity index (χ4n) is 1.74. The summed E-state index contributed by atoms with van der Waals surface area (Å²) in [6, 6.07) is 6.12. The minimum atomic E-state index is -0.155. The van der Waals surface area contributed by atoms with E-state index in [1.165, 1.54) is 12.7 Å². The van der Waals surface area contributed by atoms with Crippen LogP contribution in [-0.2, 0) is 16.1 Å². The number of nitrogens with one attached hydrogen (secondary N) is 1. The van der Waals surface area contributed by atoms with E-state index in [0.29, 0.717) is 6.42 Å². The summed E-state index contributed by atoms with van der Waals surface area (Å²) < 4.78 is 9.79. The molecule has 1 N–H and O–H groups in total. The monoisotopic (exact) mass is 251 g/mol. The van der Waals surface area contributed by atoms with Crippen molar-refractivity contribution in [1.29, 1.82) is 0 Å². The van der Waals surface area contributed by atoms with Crippen molar-refractivity contribution in [2.45, 2.75) is 26.3 Å². The van der Waals surface area contributed by atoms with Crippen molar-refractivity contribution in [3.05, 3.63) is 29.3 Å². The predicted octanol–water partition coefficient (Wildman–Crippen LogP) is 2.05. The molecule has 0 aliphatic heterocycles. The minimum absolute atomic E-state index is 0.155. The van der Waals surface area contributed by atoms with E-state index >= 15 is 0 Å². The van der Waals surface area contributed by atoms with Crippen LogP contribution in [0.4, 0.5) is 0 Å². The van der Waals surface area contributed by atoms with Crippen molar-refractivity contribution in [3.8, 4) is 5.75 Å². The molecule has 0 aliphatic rings. The Hall–Kier alpha value is -1.55. The Morgan fingerprint density at radius 1 is 1.33 bits per heavy atom. The van der Waals surface area contributed by atoms with E-state index in [2.05, 4.69) is 16.1 Å². The molecular weight excluding hydrogens is 230 g/mol. The molecule has 100 valence electrons. The van der Waals surface area contributed by atoms with E-state index in [9.17, 15) is 4.79 Å². The lowest BCUT2D eigenvalue weighted by atomic mass is 10.1. The first-order valence-electron chi connectivity index (χ1n) is 6.08. The van der Waals surface area contributed by atoms with Gasteiger partial charge in [-0.15, -0.1) is 0 Å². The third kappa shape index (κ3) is 4.75. The van der Waals surface area contributed by atoms with E-state index in [1.807, 2.05) is 19.1 Å². The van der Waals surface area contributed by atoms with Gasteiger partial charge in [0, 0.05) is 13.0 Å². The summed E-state index contributed by atoms with van der Waals surface area (Å²) in [4.78, 5) is 10.9. The Morgan fingerprint density at radius 2 is 2.11 bits per heavy atom. The number of ether oxygens (including phenoxy) is 2. The minimum Gasteiger partial charge on any atom is -0.496 e. The average molecular weight is 251 g/mol. The second kappa shape index (κ2) is 7.71. The molecule has 0 aliphatic carbocycles. The average Bonchev–Trinajstić information content (AvgIpc) is 2.38. The zero-order chi connectivity index (χ0) is 13.4. The van der Waals surface area contributed by atoms with Crippen LogP contribution in [0.2, 0.25) is 0 Å². The molecule has 1 aromatic carbocycles. The quantitative estimate of drug-likeness (QED) is 0.595. The van der Waals surface area contributed by atoms with Gasteiger partial charge in [0.2, 0.25) is 0 Å². The van der Waals surface area contributed by atoms with Gasteiger partial charge in [-0.1, -0.05) is 12.1 Å². The first kappa shape index (κ1) is 14.5. The molecule has 0 radical (unpaired) electrons. The highest BCUT2D eigenvalue weighted by molar-refractivity contribution is 5.69. The maximum absolute atomic E-state index is 10.9. The number of hydrogen-bond donors (Lipinski definition) is 1. The van der Waals surface area contributed by atoms with Gasteiger partial charge in [0.05, 0.1) is 14.2 Å². The largest absolute Gasteiger partial charge is 0.496 e. The smallest absolute Gasteiger partial charge is 0.305 e. The summed E-state index contributed by atoms with van der Waals surface area (Å²) in [5, 5.41) is 3.30. The van der Waals surface area contributed by atoms with E-state index in [0.717, 1.165) is 30.8 Å². The number of benzene rings is 1. The standard InChI is InChI=1S/C14H21NO3/c1-11-9-12(6-7-13(11)17-2)10-15-8-4-5-14(16)18-3/h6-7,9,15H,4-5,8,10H2,1-3H3. The lowest BCUT2D eigenvalue weighted by Crippen LogP contribution is -2.16. The van der Waals surface area contributed by atoms with Crippen LogP contribution in [0.15, 0.2) is 18.2 Å². The van der Waals surface area contributed by atoms with E-state index in [4.69, 9.17) is 4.74 Å². The van der Waals surface area contributed by atoms with Gasteiger partial charge in [-0.25, -0.2) is 0 Å². The molecule has 1 aromatic rings. The van der Waals surface area contributed by atoms with Crippen LogP contribution >= 0.6 is 0 Å². The van der Waals surface area contributed by atoms with Gasteiger partial charge < -0.3 is 14.8 Å². The first-order chi connectivity index (χ1) is 8.67. The van der Waals surface area contributed by atoms with Crippen LogP contribution in [0.25, 0.3) is 0 Å². The molecule has 4 nitrogen and oxygen atoms in total. The zero-order valence-electron chi connectivity index (χ0n) is 11.3. The highest BCUT2D eigenvalue weighted by atomic mass is 16.5. The second-order valence-corrected chi connectivity index (χ2v) is 4.16. The van der Waals surface area contributed by atoms with Crippen LogP contribution in [0.3, 0.4) is 0 Å². The molecule has 0 fully saturated rings. The Balaban J connectivity index is 2.27. The Kier molecular flexibility index (Phi) is 6.22. The maximum atomic E-state index is 10.9. The molecule has 18 heavy (non-hydrogen) atoms. The van der Waals surface area contributed by atoms with Gasteiger partial charge in [-0.05, 0) is 37.1 Å². The Bertz CT molecular complexity index is 391. The molecule has 0 unspecified atom stereocenters. The Morgan fingerprint density at radius 3 is 2.72 bits per heavy atom. The van der Waals surface area contributed by atoms with Gasteiger partial charge in [-0.2, -0.15) is 0 Å². The van der Waals surface area contributed by atoms with Crippen molar-refractivity contribution in [3.63, 3.8) is 0 Å². The van der Waals surface area contributed by atoms with Crippen LogP contribution < -0.4 is 10.1 Å². The maximum Gasteiger partial charge on any atom is 0.305 e. The van der Waals surface area contributed by atoms with Gasteiger partial charge in [0.1, 0.15) is 5.75 Å². The molecule has 0 aromatic heterocycles. The van der Waals surface area contributed by atoms with Crippen molar-refractivity contribution >= 4 is 5.97 Å². The lowest BCUT2D eigenvalue weighted by molar-refractivity contribution is -0.140. The normalized spacial score (nSPS) is 10.2. The molecule has 1 rings (SSSR count). The number of carbonyl (C=O) groups is 1. The number of carbonyl (C=O) groups excluding carboxylic acids is 1. The SMILES string of the molecule is COC(=O)CCCNCc1ccc(OC)c(C)c1. The highest BCUT2D eigenvalue weighted by Crippen LogP contribution is 2.18. The third-order valence-corrected chi connectivity index (χ3v) is 2.75. The molecule has 0 saturated carbocycles. The summed E-state index contributed by atoms with van der Waals surface area (Å²) in [5.74, 6) is 0.751. The van der Waals surface area contributed by atoms with Crippen LogP contribution in [-0.4, -0.2) is 26.7 Å². The number of rotatable bonds is 7. The van der Waals surface area contributed by atoms with Gasteiger partial charge in [-0.3, -0.25) is 4.79 Å². The molecule has 0 spiro atoms. The summed E-state index contributed by atoms with van der Waals surface area (Å²) in [5.41, 5.74) is 2.35. The van der Waals surface area contributed by atoms with Crippen LogP contribution in [0, 0.1) is 6.92 Å². The fraction of sp³-hybridized carbons (Fsp3) is 0.500. The van der Waals surface area contributed by atoms with Crippen molar-refractivity contribution in [2.24, 2.45) is 0 Å². The van der Waals surface area contributed by atoms with Gasteiger partial charge >= 0.3 is 5.97 Å². The van der Waals surface area contributed by atoms with E-state index in [1.54, 1.807) is 7.11 Å². The summed E-state index contributed by atoms with van der Waals surface area (Å²) >= 11 is 0. The second-order valence-electron chi connectivity index (χ2n) is 4.16. The summed E-state index contributed by atoms with van der Waals surface area (Å²) in [6.45, 7) is 3.63. The zero-order valence-corrected chi connectivity index (χ0v) is 11.3. The Labute approximate surface area is 108 Å². The highest BCUT2D eigenvalue weighted by Gasteiger charge is 2.01. The number of methoxy groups -OCH3 is 2.